The summed E-state index contributed by atoms with van der Waals surface area (Å²) in [6.45, 7) is 0. The number of benzene rings is 3. The van der Waals surface area contributed by atoms with Gasteiger partial charge in [0, 0.05) is 9.49 Å². The van der Waals surface area contributed by atoms with Gasteiger partial charge < -0.3 is 9.84 Å². The summed E-state index contributed by atoms with van der Waals surface area (Å²) in [7, 11) is 1.37. The molecule has 46 heavy (non-hydrogen) atoms. The maximum atomic E-state index is 14.5. The highest BCUT2D eigenvalue weighted by molar-refractivity contribution is 14.1. The molecule has 3 fully saturated rings. The number of ether oxygens (including phenoxy) is 1. The van der Waals surface area contributed by atoms with Crippen molar-refractivity contribution in [2.45, 2.75) is 28.5 Å². The number of aromatic hydroxyl groups is 1. The number of methoxy groups -OCH3 is 1. The zero-order chi connectivity index (χ0) is 32.9. The van der Waals surface area contributed by atoms with Crippen molar-refractivity contribution in [2.24, 2.45) is 17.8 Å². The van der Waals surface area contributed by atoms with Crippen LogP contribution in [0.25, 0.3) is 0 Å². The van der Waals surface area contributed by atoms with Crippen LogP contribution in [0.4, 0.5) is 15.8 Å². The number of imide groups is 2. The number of phenols is 1. The standard InChI is InChI=1S/C33H23BrCl2FIN2O6/c1-46-24-13-15(12-23(34)27(24)41)26-20-10-11-21-25(29(43)39(28(21)42)18-8-4-17(38)5-9-18)22(20)14-32(35)30(44)40(31(45)33(26,32)36)19-6-2-16(37)3-7-19/h2-10,12-13,21-22,25-26,41H,11,14H2,1H3. The molecule has 236 valence electrons. The van der Waals surface area contributed by atoms with Gasteiger partial charge in [-0.05, 0) is 124 Å². The number of allylic oxidation sites excluding steroid dienone is 2. The van der Waals surface area contributed by atoms with Gasteiger partial charge in [-0.15, -0.1) is 23.2 Å². The van der Waals surface area contributed by atoms with Crippen molar-refractivity contribution in [1.29, 1.82) is 0 Å². The highest BCUT2D eigenvalue weighted by atomic mass is 127. The van der Waals surface area contributed by atoms with Gasteiger partial charge in [-0.3, -0.25) is 24.1 Å². The summed E-state index contributed by atoms with van der Waals surface area (Å²) in [5, 5.41) is 10.6. The molecule has 6 atom stereocenters. The number of nitrogens with zero attached hydrogens (tertiary/aromatic N) is 2. The second-order valence-corrected chi connectivity index (χ2v) is 15.1. The van der Waals surface area contributed by atoms with Crippen LogP contribution in [-0.2, 0) is 19.2 Å². The summed E-state index contributed by atoms with van der Waals surface area (Å²) in [5.74, 6) is -6.53. The lowest BCUT2D eigenvalue weighted by atomic mass is 9.56. The Morgan fingerprint density at radius 3 is 2.22 bits per heavy atom. The van der Waals surface area contributed by atoms with Crippen LogP contribution in [0.2, 0.25) is 0 Å². The molecule has 13 heteroatoms. The molecular weight excluding hydrogens is 817 g/mol. The number of hydrogen-bond acceptors (Lipinski definition) is 6. The second-order valence-electron chi connectivity index (χ2n) is 11.8. The Labute approximate surface area is 294 Å². The molecule has 0 aromatic heterocycles. The van der Waals surface area contributed by atoms with Gasteiger partial charge in [0.15, 0.2) is 21.2 Å². The molecule has 1 N–H and O–H groups in total. The van der Waals surface area contributed by atoms with Crippen LogP contribution in [-0.4, -0.2) is 45.6 Å². The number of rotatable bonds is 4. The van der Waals surface area contributed by atoms with Crippen LogP contribution in [0, 0.1) is 27.1 Å². The van der Waals surface area contributed by atoms with Crippen molar-refractivity contribution in [3.63, 3.8) is 0 Å². The number of alkyl halides is 2. The Kier molecular flexibility index (Phi) is 7.58. The van der Waals surface area contributed by atoms with Crippen molar-refractivity contribution in [1.82, 2.24) is 0 Å². The van der Waals surface area contributed by atoms with E-state index in [1.54, 1.807) is 30.3 Å². The van der Waals surface area contributed by atoms with Crippen LogP contribution in [0.15, 0.2) is 76.8 Å². The molecule has 7 rings (SSSR count). The van der Waals surface area contributed by atoms with Crippen molar-refractivity contribution in [2.75, 3.05) is 16.9 Å². The largest absolute Gasteiger partial charge is 0.503 e. The van der Waals surface area contributed by atoms with Gasteiger partial charge in [-0.1, -0.05) is 11.6 Å². The molecule has 2 saturated heterocycles. The first-order valence-electron chi connectivity index (χ1n) is 14.3. The Hall–Kier alpha value is -3.00. The van der Waals surface area contributed by atoms with Gasteiger partial charge in [-0.25, -0.2) is 9.29 Å². The number of phenolic OH excluding ortho intramolecular Hbond substituents is 1. The maximum absolute atomic E-state index is 14.5. The van der Waals surface area contributed by atoms with Gasteiger partial charge in [0.05, 0.1) is 34.8 Å². The molecule has 1 saturated carbocycles. The van der Waals surface area contributed by atoms with E-state index in [4.69, 9.17) is 27.9 Å². The summed E-state index contributed by atoms with van der Waals surface area (Å²) in [5.41, 5.74) is 1.50. The first kappa shape index (κ1) is 31.6. The molecule has 6 unspecified atom stereocenters. The SMILES string of the molecule is COc1cc(C2C3=CCC4C(=O)N(c5ccc(I)cc5)C(=O)C4C3CC3(Cl)C(=O)N(c4ccc(F)cc4)C(=O)C23Cl)cc(Br)c1O. The van der Waals surface area contributed by atoms with Crippen LogP contribution >= 0.6 is 61.7 Å². The molecule has 0 spiro atoms. The molecule has 4 aliphatic rings. The Morgan fingerprint density at radius 1 is 0.935 bits per heavy atom. The average molecular weight is 840 g/mol. The summed E-state index contributed by atoms with van der Waals surface area (Å²) in [6, 6.07) is 14.9. The van der Waals surface area contributed by atoms with E-state index in [-0.39, 0.29) is 40.4 Å². The zero-order valence-electron chi connectivity index (χ0n) is 23.8. The summed E-state index contributed by atoms with van der Waals surface area (Å²) in [6.07, 6.45) is 1.81. The van der Waals surface area contributed by atoms with E-state index in [9.17, 15) is 28.7 Å². The van der Waals surface area contributed by atoms with E-state index in [1.807, 2.05) is 6.08 Å². The molecule has 2 aliphatic carbocycles. The van der Waals surface area contributed by atoms with Crippen molar-refractivity contribution in [3.05, 3.63) is 91.7 Å². The topological polar surface area (TPSA) is 104 Å². The van der Waals surface area contributed by atoms with Crippen molar-refractivity contribution >= 4 is 96.7 Å². The first-order chi connectivity index (χ1) is 21.8. The monoisotopic (exact) mass is 838 g/mol. The van der Waals surface area contributed by atoms with E-state index in [0.717, 1.165) is 20.6 Å². The highest BCUT2D eigenvalue weighted by Gasteiger charge is 2.76. The lowest BCUT2D eigenvalue weighted by Crippen LogP contribution is -2.60. The number of amides is 4. The van der Waals surface area contributed by atoms with Crippen LogP contribution in [0.3, 0.4) is 0 Å². The van der Waals surface area contributed by atoms with Crippen LogP contribution in [0.1, 0.15) is 24.3 Å². The number of hydrogen-bond donors (Lipinski definition) is 1. The number of carbonyl (C=O) groups excluding carboxylic acids is 4. The lowest BCUT2D eigenvalue weighted by molar-refractivity contribution is -0.125. The zero-order valence-corrected chi connectivity index (χ0v) is 29.1. The van der Waals surface area contributed by atoms with Crippen LogP contribution < -0.4 is 14.5 Å². The molecule has 0 radical (unpaired) electrons. The van der Waals surface area contributed by atoms with Gasteiger partial charge in [0.2, 0.25) is 11.8 Å². The van der Waals surface area contributed by atoms with Gasteiger partial charge in [0.1, 0.15) is 5.82 Å². The average Bonchev–Trinajstić information content (AvgIpc) is 3.37. The molecular formula is C33H23BrCl2FIN2O6. The molecule has 3 aromatic rings. The smallest absolute Gasteiger partial charge is 0.258 e. The minimum Gasteiger partial charge on any atom is -0.503 e. The molecule has 8 nitrogen and oxygen atoms in total. The number of carbonyl (C=O) groups is 4. The van der Waals surface area contributed by atoms with Crippen molar-refractivity contribution < 1.29 is 33.4 Å². The maximum Gasteiger partial charge on any atom is 0.258 e. The highest BCUT2D eigenvalue weighted by Crippen LogP contribution is 2.66. The minimum absolute atomic E-state index is 0.0744. The molecule has 4 amide bonds. The normalized spacial score (nSPS) is 30.3. The van der Waals surface area contributed by atoms with E-state index >= 15 is 0 Å². The summed E-state index contributed by atoms with van der Waals surface area (Å²) >= 11 is 20.3. The van der Waals surface area contributed by atoms with E-state index in [2.05, 4.69) is 38.5 Å². The molecule has 0 bridgehead atoms. The van der Waals surface area contributed by atoms with Gasteiger partial charge in [0.25, 0.3) is 11.8 Å². The third-order valence-electron chi connectivity index (χ3n) is 9.58. The number of fused-ring (bicyclic) bond motifs is 4. The van der Waals surface area contributed by atoms with Gasteiger partial charge in [-0.2, -0.15) is 0 Å². The molecule has 3 aromatic carbocycles. The summed E-state index contributed by atoms with van der Waals surface area (Å²) < 4.78 is 20.4. The number of halogens is 5. The van der Waals surface area contributed by atoms with E-state index in [0.29, 0.717) is 16.8 Å². The van der Waals surface area contributed by atoms with Gasteiger partial charge >= 0.3 is 0 Å². The Morgan fingerprint density at radius 2 is 1.57 bits per heavy atom. The van der Waals surface area contributed by atoms with Crippen LogP contribution in [0.5, 0.6) is 11.5 Å². The predicted octanol–water partition coefficient (Wildman–Crippen LogP) is 6.68. The molecule has 2 heterocycles. The second kappa shape index (κ2) is 11.0. The van der Waals surface area contributed by atoms with E-state index < -0.39 is 57.0 Å². The third-order valence-corrected chi connectivity index (χ3v) is 12.3. The Bertz CT molecular complexity index is 1890. The first-order valence-corrected chi connectivity index (χ1v) is 16.9. The minimum atomic E-state index is -2.11. The third kappa shape index (κ3) is 4.27. The summed E-state index contributed by atoms with van der Waals surface area (Å²) in [4.78, 5) is 54.7. The number of anilines is 2. The molecule has 2 aliphatic heterocycles. The van der Waals surface area contributed by atoms with E-state index in [1.165, 1.54) is 30.2 Å². The quantitative estimate of drug-likeness (QED) is 0.136. The Balaban J connectivity index is 1.42. The fraction of sp³-hybridized carbons (Fsp3) is 0.273. The predicted molar refractivity (Wildman–Crippen MR) is 181 cm³/mol. The fourth-order valence-corrected chi connectivity index (χ4v) is 9.29. The van der Waals surface area contributed by atoms with Crippen molar-refractivity contribution in [3.8, 4) is 11.5 Å². The lowest BCUT2D eigenvalue weighted by Gasteiger charge is -2.50. The fourth-order valence-electron chi connectivity index (χ4n) is 7.53.